The van der Waals surface area contributed by atoms with Gasteiger partial charge in [0, 0.05) is 19.0 Å². The van der Waals surface area contributed by atoms with Crippen LogP contribution in [0.15, 0.2) is 42.5 Å². The number of anilines is 1. The van der Waals surface area contributed by atoms with Crippen molar-refractivity contribution in [2.75, 3.05) is 19.0 Å². The molecule has 0 spiro atoms. The minimum Gasteiger partial charge on any atom is -0.497 e. The van der Waals surface area contributed by atoms with E-state index >= 15 is 0 Å². The predicted molar refractivity (Wildman–Crippen MR) is 97.3 cm³/mol. The van der Waals surface area contributed by atoms with Gasteiger partial charge in [0.05, 0.1) is 12.7 Å². The number of amides is 1. The summed E-state index contributed by atoms with van der Waals surface area (Å²) in [5.41, 5.74) is 0.971. The van der Waals surface area contributed by atoms with Crippen molar-refractivity contribution in [3.63, 3.8) is 0 Å². The quantitative estimate of drug-likeness (QED) is 0.568. The number of aryl methyl sites for hydroxylation is 1. The van der Waals surface area contributed by atoms with Gasteiger partial charge in [0.1, 0.15) is 11.6 Å². The van der Waals surface area contributed by atoms with E-state index in [0.717, 1.165) is 17.4 Å². The third kappa shape index (κ3) is 6.22. The predicted octanol–water partition coefficient (Wildman–Crippen LogP) is 3.15. The van der Waals surface area contributed by atoms with E-state index in [9.17, 15) is 18.8 Å². The number of ether oxygens (including phenoxy) is 2. The highest BCUT2D eigenvalue weighted by molar-refractivity contribution is 5.99. The van der Waals surface area contributed by atoms with Crippen molar-refractivity contribution in [3.8, 4) is 5.75 Å². The highest BCUT2D eigenvalue weighted by Crippen LogP contribution is 2.16. The van der Waals surface area contributed by atoms with Gasteiger partial charge < -0.3 is 14.8 Å². The highest BCUT2D eigenvalue weighted by Gasteiger charge is 2.15. The van der Waals surface area contributed by atoms with Crippen LogP contribution in [0.1, 0.15) is 29.3 Å². The molecule has 0 saturated carbocycles. The zero-order valence-electron chi connectivity index (χ0n) is 15.1. The molecule has 0 fully saturated rings. The van der Waals surface area contributed by atoms with Crippen LogP contribution in [0.4, 0.5) is 10.1 Å². The fraction of sp³-hybridized carbons (Fsp3) is 0.250. The maximum atomic E-state index is 14.0. The van der Waals surface area contributed by atoms with E-state index in [4.69, 9.17) is 9.47 Å². The third-order valence-electron chi connectivity index (χ3n) is 3.73. The van der Waals surface area contributed by atoms with Crippen LogP contribution in [0.5, 0.6) is 5.75 Å². The number of hydrogen-bond donors (Lipinski definition) is 1. The Balaban J connectivity index is 1.83. The van der Waals surface area contributed by atoms with E-state index in [0.29, 0.717) is 6.42 Å². The van der Waals surface area contributed by atoms with Crippen molar-refractivity contribution < 1.29 is 28.2 Å². The Morgan fingerprint density at radius 3 is 2.37 bits per heavy atom. The van der Waals surface area contributed by atoms with Crippen molar-refractivity contribution in [1.29, 1.82) is 0 Å². The molecule has 0 unspecified atom stereocenters. The average Bonchev–Trinajstić information content (AvgIpc) is 2.64. The summed E-state index contributed by atoms with van der Waals surface area (Å²) < 4.78 is 24.0. The van der Waals surface area contributed by atoms with Crippen LogP contribution in [0.25, 0.3) is 0 Å². The number of hydrogen-bond acceptors (Lipinski definition) is 5. The molecule has 0 atom stereocenters. The van der Waals surface area contributed by atoms with E-state index in [1.165, 1.54) is 19.1 Å². The summed E-state index contributed by atoms with van der Waals surface area (Å²) in [6.07, 6.45) is 0.556. The Morgan fingerprint density at radius 1 is 1.07 bits per heavy atom. The maximum Gasteiger partial charge on any atom is 0.306 e. The second-order valence-electron chi connectivity index (χ2n) is 5.81. The van der Waals surface area contributed by atoms with Crippen molar-refractivity contribution in [2.45, 2.75) is 19.8 Å². The molecule has 0 aromatic heterocycles. The first-order chi connectivity index (χ1) is 12.9. The molecule has 0 aliphatic carbocycles. The van der Waals surface area contributed by atoms with Gasteiger partial charge in [-0.3, -0.25) is 14.4 Å². The zero-order chi connectivity index (χ0) is 19.8. The number of carbonyl (C=O) groups is 3. The van der Waals surface area contributed by atoms with Crippen molar-refractivity contribution in [3.05, 3.63) is 59.4 Å². The number of methoxy groups -OCH3 is 1. The summed E-state index contributed by atoms with van der Waals surface area (Å²) in [5.74, 6) is -1.62. The molecule has 1 amide bonds. The molecule has 1 N–H and O–H groups in total. The molecule has 0 aliphatic heterocycles. The summed E-state index contributed by atoms with van der Waals surface area (Å²) >= 11 is 0. The number of halogens is 1. The first kappa shape index (κ1) is 20.1. The smallest absolute Gasteiger partial charge is 0.306 e. The van der Waals surface area contributed by atoms with Crippen LogP contribution in [0.2, 0.25) is 0 Å². The van der Waals surface area contributed by atoms with Gasteiger partial charge >= 0.3 is 5.97 Å². The SMILES string of the molecule is COc1ccc(CCC(=O)OCC(=O)c2ccc(NC(C)=O)cc2F)cc1. The third-order valence-corrected chi connectivity index (χ3v) is 3.73. The topological polar surface area (TPSA) is 81.7 Å². The minimum atomic E-state index is -0.791. The summed E-state index contributed by atoms with van der Waals surface area (Å²) in [6.45, 7) is 0.750. The van der Waals surface area contributed by atoms with Crippen molar-refractivity contribution >= 4 is 23.3 Å². The maximum absolute atomic E-state index is 14.0. The molecule has 2 rings (SSSR count). The average molecular weight is 373 g/mol. The normalized spacial score (nSPS) is 10.2. The van der Waals surface area contributed by atoms with Crippen LogP contribution >= 0.6 is 0 Å². The summed E-state index contributed by atoms with van der Waals surface area (Å²) in [4.78, 5) is 34.8. The first-order valence-electron chi connectivity index (χ1n) is 8.28. The molecule has 0 saturated heterocycles. The highest BCUT2D eigenvalue weighted by atomic mass is 19.1. The summed E-state index contributed by atoms with van der Waals surface area (Å²) in [6, 6.07) is 10.9. The molecule has 7 heteroatoms. The summed E-state index contributed by atoms with van der Waals surface area (Å²) in [5, 5.41) is 2.42. The number of rotatable bonds is 8. The van der Waals surface area contributed by atoms with Crippen LogP contribution in [-0.4, -0.2) is 31.4 Å². The van der Waals surface area contributed by atoms with Gasteiger partial charge in [0.15, 0.2) is 6.61 Å². The number of benzene rings is 2. The van der Waals surface area contributed by atoms with E-state index in [1.807, 2.05) is 12.1 Å². The largest absolute Gasteiger partial charge is 0.497 e. The Kier molecular flexibility index (Phi) is 7.05. The van der Waals surface area contributed by atoms with Crippen LogP contribution in [0.3, 0.4) is 0 Å². The molecule has 0 aliphatic rings. The Labute approximate surface area is 156 Å². The van der Waals surface area contributed by atoms with Gasteiger partial charge in [-0.1, -0.05) is 12.1 Å². The molecule has 0 heterocycles. The molecule has 2 aromatic carbocycles. The lowest BCUT2D eigenvalue weighted by atomic mass is 10.1. The van der Waals surface area contributed by atoms with Gasteiger partial charge in [0.2, 0.25) is 11.7 Å². The van der Waals surface area contributed by atoms with E-state index in [1.54, 1.807) is 19.2 Å². The molecular weight excluding hydrogens is 353 g/mol. The van der Waals surface area contributed by atoms with E-state index in [-0.39, 0.29) is 23.6 Å². The van der Waals surface area contributed by atoms with Gasteiger partial charge in [-0.2, -0.15) is 0 Å². The molecular formula is C20H20FNO5. The van der Waals surface area contributed by atoms with Crippen LogP contribution in [0, 0.1) is 5.82 Å². The lowest BCUT2D eigenvalue weighted by Crippen LogP contribution is -2.16. The van der Waals surface area contributed by atoms with Gasteiger partial charge in [-0.05, 0) is 42.3 Å². The zero-order valence-corrected chi connectivity index (χ0v) is 15.1. The molecule has 0 bridgehead atoms. The standard InChI is InChI=1S/C20H20FNO5/c1-13(23)22-15-6-9-17(18(21)11-15)19(24)12-27-20(25)10-5-14-3-7-16(26-2)8-4-14/h3-4,6-9,11H,5,10,12H2,1-2H3,(H,22,23). The number of carbonyl (C=O) groups excluding carboxylic acids is 3. The molecule has 2 aromatic rings. The number of nitrogens with one attached hydrogen (secondary N) is 1. The second kappa shape index (κ2) is 9.47. The lowest BCUT2D eigenvalue weighted by Gasteiger charge is -2.07. The molecule has 142 valence electrons. The van der Waals surface area contributed by atoms with Gasteiger partial charge in [-0.15, -0.1) is 0 Å². The lowest BCUT2D eigenvalue weighted by molar-refractivity contribution is -0.142. The number of Topliss-reactive ketones (excluding diaryl/α,β-unsaturated/α-hetero) is 1. The Bertz CT molecular complexity index is 833. The van der Waals surface area contributed by atoms with Crippen molar-refractivity contribution in [2.24, 2.45) is 0 Å². The van der Waals surface area contributed by atoms with Gasteiger partial charge in [0.25, 0.3) is 0 Å². The minimum absolute atomic E-state index is 0.101. The van der Waals surface area contributed by atoms with Crippen LogP contribution < -0.4 is 10.1 Å². The Hall–Kier alpha value is -3.22. The molecule has 27 heavy (non-hydrogen) atoms. The summed E-state index contributed by atoms with van der Waals surface area (Å²) in [7, 11) is 1.57. The monoisotopic (exact) mass is 373 g/mol. The van der Waals surface area contributed by atoms with Crippen molar-refractivity contribution in [1.82, 2.24) is 0 Å². The van der Waals surface area contributed by atoms with E-state index in [2.05, 4.69) is 5.32 Å². The number of ketones is 1. The van der Waals surface area contributed by atoms with Gasteiger partial charge in [-0.25, -0.2) is 4.39 Å². The Morgan fingerprint density at radius 2 is 1.78 bits per heavy atom. The fourth-order valence-electron chi connectivity index (χ4n) is 2.36. The van der Waals surface area contributed by atoms with Crippen LogP contribution in [-0.2, 0) is 20.7 Å². The molecule has 6 nitrogen and oxygen atoms in total. The molecule has 0 radical (unpaired) electrons. The first-order valence-corrected chi connectivity index (χ1v) is 8.28. The fourth-order valence-corrected chi connectivity index (χ4v) is 2.36. The number of esters is 1. The second-order valence-corrected chi connectivity index (χ2v) is 5.81. The van der Waals surface area contributed by atoms with E-state index < -0.39 is 24.2 Å².